The first kappa shape index (κ1) is 15.5. The Labute approximate surface area is 138 Å². The summed E-state index contributed by atoms with van der Waals surface area (Å²) in [6, 6.07) is 15.4. The van der Waals surface area contributed by atoms with E-state index in [0.29, 0.717) is 4.91 Å². The number of benzene rings is 2. The van der Waals surface area contributed by atoms with Gasteiger partial charge in [-0.2, -0.15) is 0 Å². The number of rotatable bonds is 3. The Hall–Kier alpha value is -2.40. The van der Waals surface area contributed by atoms with Crippen LogP contribution < -0.4 is 10.2 Å². The Morgan fingerprint density at radius 3 is 2.17 bits per heavy atom. The first-order valence-electron chi connectivity index (χ1n) is 7.35. The summed E-state index contributed by atoms with van der Waals surface area (Å²) in [6.07, 6.45) is 1.55. The third-order valence-corrected chi connectivity index (χ3v) is 4.99. The van der Waals surface area contributed by atoms with Gasteiger partial charge in [-0.1, -0.05) is 35.4 Å². The molecule has 2 aromatic carbocycles. The van der Waals surface area contributed by atoms with Gasteiger partial charge >= 0.3 is 0 Å². The highest BCUT2D eigenvalue weighted by Gasteiger charge is 2.33. The zero-order chi connectivity index (χ0) is 16.4. The number of anilines is 2. The van der Waals surface area contributed by atoms with Crippen LogP contribution in [-0.4, -0.2) is 16.0 Å². The van der Waals surface area contributed by atoms with Gasteiger partial charge in [0.15, 0.2) is 0 Å². The van der Waals surface area contributed by atoms with E-state index in [1.165, 1.54) is 0 Å². The quantitative estimate of drug-likeness (QED) is 0.881. The van der Waals surface area contributed by atoms with Gasteiger partial charge in [0.25, 0.3) is 5.91 Å². The second-order valence-corrected chi connectivity index (χ2v) is 6.95. The summed E-state index contributed by atoms with van der Waals surface area (Å²) in [7, 11) is -1.33. The summed E-state index contributed by atoms with van der Waals surface area (Å²) < 4.78 is 12.3. The molecule has 0 radical (unpaired) electrons. The SMILES string of the molecule is Cc1ccc(N/C=C2\C(=O)N(c3ccc(C)cc3)C[S@@]2=O)cc1. The summed E-state index contributed by atoms with van der Waals surface area (Å²) in [6.45, 7) is 4.00. The molecule has 3 rings (SSSR count). The van der Waals surface area contributed by atoms with Gasteiger partial charge in [-0.05, 0) is 38.1 Å². The van der Waals surface area contributed by atoms with E-state index in [1.807, 2.05) is 62.4 Å². The van der Waals surface area contributed by atoms with Crippen molar-refractivity contribution in [1.82, 2.24) is 0 Å². The monoisotopic (exact) mass is 326 g/mol. The number of hydrogen-bond donors (Lipinski definition) is 1. The standard InChI is InChI=1S/C18H18N2O2S/c1-13-3-7-15(8-4-13)19-11-17-18(21)20(12-23(17)22)16-9-5-14(2)6-10-16/h3-11,19H,12H2,1-2H3/b17-11+/t23-/m0/s1. The van der Waals surface area contributed by atoms with Crippen LogP contribution in [0.3, 0.4) is 0 Å². The van der Waals surface area contributed by atoms with Crippen LogP contribution in [0.15, 0.2) is 59.6 Å². The predicted octanol–water partition coefficient (Wildman–Crippen LogP) is 3.31. The van der Waals surface area contributed by atoms with Crippen molar-refractivity contribution >= 4 is 28.1 Å². The van der Waals surface area contributed by atoms with Crippen LogP contribution in [0.1, 0.15) is 11.1 Å². The molecule has 0 saturated carbocycles. The minimum absolute atomic E-state index is 0.198. The summed E-state index contributed by atoms with van der Waals surface area (Å²) in [5, 5.41) is 3.05. The largest absolute Gasteiger partial charge is 0.360 e. The maximum Gasteiger partial charge on any atom is 0.269 e. The molecule has 1 heterocycles. The van der Waals surface area contributed by atoms with Crippen LogP contribution in [0.5, 0.6) is 0 Å². The van der Waals surface area contributed by atoms with E-state index in [1.54, 1.807) is 11.1 Å². The van der Waals surface area contributed by atoms with E-state index in [9.17, 15) is 9.00 Å². The van der Waals surface area contributed by atoms with Crippen LogP contribution in [0.25, 0.3) is 0 Å². The predicted molar refractivity (Wildman–Crippen MR) is 94.6 cm³/mol. The zero-order valence-corrected chi connectivity index (χ0v) is 13.9. The maximum absolute atomic E-state index is 12.5. The van der Waals surface area contributed by atoms with Gasteiger partial charge in [-0.3, -0.25) is 13.9 Å². The molecule has 1 atom stereocenters. The van der Waals surface area contributed by atoms with Crippen LogP contribution in [0, 0.1) is 13.8 Å². The van der Waals surface area contributed by atoms with Crippen molar-refractivity contribution < 1.29 is 9.00 Å². The molecule has 0 spiro atoms. The van der Waals surface area contributed by atoms with Gasteiger partial charge in [-0.25, -0.2) is 0 Å². The number of aryl methyl sites for hydroxylation is 2. The molecular weight excluding hydrogens is 308 g/mol. The van der Waals surface area contributed by atoms with Gasteiger partial charge < -0.3 is 5.32 Å². The van der Waals surface area contributed by atoms with Crippen molar-refractivity contribution in [1.29, 1.82) is 0 Å². The molecule has 1 fully saturated rings. The molecule has 118 valence electrons. The number of hydrogen-bond acceptors (Lipinski definition) is 3. The van der Waals surface area contributed by atoms with E-state index >= 15 is 0 Å². The maximum atomic E-state index is 12.5. The first-order chi connectivity index (χ1) is 11.0. The molecule has 1 aliphatic heterocycles. The summed E-state index contributed by atoms with van der Waals surface area (Å²) in [5.41, 5.74) is 3.92. The van der Waals surface area contributed by atoms with E-state index in [0.717, 1.165) is 22.5 Å². The van der Waals surface area contributed by atoms with Gasteiger partial charge in [0, 0.05) is 17.6 Å². The van der Waals surface area contributed by atoms with Crippen molar-refractivity contribution in [3.05, 3.63) is 70.8 Å². The Bertz CT molecular complexity index is 780. The van der Waals surface area contributed by atoms with E-state index in [-0.39, 0.29) is 11.8 Å². The molecule has 0 unspecified atom stereocenters. The Kier molecular flexibility index (Phi) is 4.30. The highest BCUT2D eigenvalue weighted by atomic mass is 32.2. The summed E-state index contributed by atoms with van der Waals surface area (Å²) in [5.74, 6) is -0.0182. The Morgan fingerprint density at radius 1 is 1.00 bits per heavy atom. The topological polar surface area (TPSA) is 49.4 Å². The van der Waals surface area contributed by atoms with Crippen LogP contribution >= 0.6 is 0 Å². The highest BCUT2D eigenvalue weighted by Crippen LogP contribution is 2.25. The summed E-state index contributed by atoms with van der Waals surface area (Å²) >= 11 is 0. The Balaban J connectivity index is 1.79. The van der Waals surface area contributed by atoms with Crippen LogP contribution in [0.2, 0.25) is 0 Å². The second kappa shape index (κ2) is 6.38. The lowest BCUT2D eigenvalue weighted by Gasteiger charge is -2.13. The van der Waals surface area contributed by atoms with E-state index in [2.05, 4.69) is 5.32 Å². The van der Waals surface area contributed by atoms with Gasteiger partial charge in [0.1, 0.15) is 10.8 Å². The lowest BCUT2D eigenvalue weighted by Crippen LogP contribution is -2.24. The van der Waals surface area contributed by atoms with Crippen molar-refractivity contribution in [2.75, 3.05) is 16.1 Å². The third kappa shape index (κ3) is 3.35. The minimum atomic E-state index is -1.33. The minimum Gasteiger partial charge on any atom is -0.360 e. The van der Waals surface area contributed by atoms with Crippen molar-refractivity contribution in [2.45, 2.75) is 13.8 Å². The fourth-order valence-electron chi connectivity index (χ4n) is 2.32. The average molecular weight is 326 g/mol. The molecule has 2 aromatic rings. The number of carbonyl (C=O) groups excluding carboxylic acids is 1. The highest BCUT2D eigenvalue weighted by molar-refractivity contribution is 7.90. The van der Waals surface area contributed by atoms with Gasteiger partial charge in [0.2, 0.25) is 0 Å². The molecule has 4 nitrogen and oxygen atoms in total. The zero-order valence-electron chi connectivity index (χ0n) is 13.1. The van der Waals surface area contributed by atoms with E-state index in [4.69, 9.17) is 0 Å². The lowest BCUT2D eigenvalue weighted by molar-refractivity contribution is -0.114. The molecular formula is C18H18N2O2S. The average Bonchev–Trinajstić information content (AvgIpc) is 2.82. The smallest absolute Gasteiger partial charge is 0.269 e. The fraction of sp³-hybridized carbons (Fsp3) is 0.167. The summed E-state index contributed by atoms with van der Waals surface area (Å²) in [4.78, 5) is 14.4. The van der Waals surface area contributed by atoms with Gasteiger partial charge in [-0.15, -0.1) is 0 Å². The lowest BCUT2D eigenvalue weighted by atomic mass is 10.2. The van der Waals surface area contributed by atoms with E-state index < -0.39 is 10.8 Å². The third-order valence-electron chi connectivity index (χ3n) is 3.71. The fourth-order valence-corrected chi connectivity index (χ4v) is 3.45. The molecule has 1 N–H and O–H groups in total. The molecule has 0 aromatic heterocycles. The number of nitrogens with zero attached hydrogens (tertiary/aromatic N) is 1. The molecule has 5 heteroatoms. The molecule has 0 aliphatic carbocycles. The number of amides is 1. The van der Waals surface area contributed by atoms with Gasteiger partial charge in [0.05, 0.1) is 10.8 Å². The normalized spacial score (nSPS) is 19.4. The molecule has 23 heavy (non-hydrogen) atoms. The molecule has 1 saturated heterocycles. The molecule has 1 amide bonds. The van der Waals surface area contributed by atoms with Crippen LogP contribution in [0.4, 0.5) is 11.4 Å². The van der Waals surface area contributed by atoms with Crippen molar-refractivity contribution in [3.63, 3.8) is 0 Å². The van der Waals surface area contributed by atoms with Crippen LogP contribution in [-0.2, 0) is 15.6 Å². The molecule has 0 bridgehead atoms. The van der Waals surface area contributed by atoms with Crippen molar-refractivity contribution in [2.24, 2.45) is 0 Å². The number of nitrogens with one attached hydrogen (secondary N) is 1. The van der Waals surface area contributed by atoms with Crippen molar-refractivity contribution in [3.8, 4) is 0 Å². The molecule has 1 aliphatic rings. The first-order valence-corrected chi connectivity index (χ1v) is 8.67. The second-order valence-electron chi connectivity index (χ2n) is 5.56. The Morgan fingerprint density at radius 2 is 1.57 bits per heavy atom. The number of carbonyl (C=O) groups is 1.